The first kappa shape index (κ1) is 18.0. The maximum Gasteiger partial charge on any atom is 0.418 e. The molecule has 7 heteroatoms. The molecule has 0 saturated carbocycles. The maximum atomic E-state index is 13.3. The summed E-state index contributed by atoms with van der Waals surface area (Å²) < 4.78 is 51.2. The SMILES string of the molecule is N#Cc1ccc(C(F)(F)F)c(N2CCC(OCC3CCCO3)CC2)c1. The van der Waals surface area contributed by atoms with Crippen molar-refractivity contribution in [1.29, 1.82) is 5.26 Å². The number of benzene rings is 1. The molecule has 2 fully saturated rings. The van der Waals surface area contributed by atoms with Gasteiger partial charge in [0.05, 0.1) is 41.7 Å². The van der Waals surface area contributed by atoms with Crippen molar-refractivity contribution in [2.75, 3.05) is 31.2 Å². The smallest absolute Gasteiger partial charge is 0.376 e. The van der Waals surface area contributed by atoms with Crippen LogP contribution in [0.1, 0.15) is 36.8 Å². The second kappa shape index (κ2) is 7.63. The van der Waals surface area contributed by atoms with E-state index in [1.54, 1.807) is 4.90 Å². The molecule has 2 saturated heterocycles. The average Bonchev–Trinajstić information content (AvgIpc) is 3.12. The first-order chi connectivity index (χ1) is 12.0. The molecule has 1 atom stereocenters. The van der Waals surface area contributed by atoms with Crippen molar-refractivity contribution in [3.05, 3.63) is 29.3 Å². The molecule has 0 N–H and O–H groups in total. The van der Waals surface area contributed by atoms with Crippen molar-refractivity contribution in [1.82, 2.24) is 0 Å². The van der Waals surface area contributed by atoms with Gasteiger partial charge in [0.25, 0.3) is 0 Å². The van der Waals surface area contributed by atoms with Crippen LogP contribution in [-0.4, -0.2) is 38.5 Å². The third-order valence-electron chi connectivity index (χ3n) is 4.76. The number of hydrogen-bond donors (Lipinski definition) is 0. The molecule has 0 aromatic heterocycles. The molecule has 25 heavy (non-hydrogen) atoms. The zero-order valence-electron chi connectivity index (χ0n) is 13.9. The summed E-state index contributed by atoms with van der Waals surface area (Å²) in [5, 5.41) is 8.99. The molecule has 0 bridgehead atoms. The van der Waals surface area contributed by atoms with Crippen molar-refractivity contribution in [2.24, 2.45) is 0 Å². The first-order valence-corrected chi connectivity index (χ1v) is 8.57. The van der Waals surface area contributed by atoms with Crippen LogP contribution in [0.4, 0.5) is 18.9 Å². The van der Waals surface area contributed by atoms with Crippen molar-refractivity contribution >= 4 is 5.69 Å². The van der Waals surface area contributed by atoms with Crippen LogP contribution in [0.25, 0.3) is 0 Å². The molecule has 2 aliphatic rings. The maximum absolute atomic E-state index is 13.3. The van der Waals surface area contributed by atoms with Gasteiger partial charge in [-0.2, -0.15) is 18.4 Å². The van der Waals surface area contributed by atoms with Gasteiger partial charge in [-0.3, -0.25) is 0 Å². The number of anilines is 1. The van der Waals surface area contributed by atoms with Gasteiger partial charge < -0.3 is 14.4 Å². The van der Waals surface area contributed by atoms with Crippen LogP contribution in [0.2, 0.25) is 0 Å². The quantitative estimate of drug-likeness (QED) is 0.826. The predicted molar refractivity (Wildman–Crippen MR) is 86.3 cm³/mol. The largest absolute Gasteiger partial charge is 0.418 e. The fraction of sp³-hybridized carbons (Fsp3) is 0.611. The lowest BCUT2D eigenvalue weighted by Gasteiger charge is -2.35. The summed E-state index contributed by atoms with van der Waals surface area (Å²) in [6, 6.07) is 5.45. The van der Waals surface area contributed by atoms with Gasteiger partial charge in [-0.25, -0.2) is 0 Å². The summed E-state index contributed by atoms with van der Waals surface area (Å²) in [6.07, 6.45) is -0.828. The van der Waals surface area contributed by atoms with Gasteiger partial charge in [0.2, 0.25) is 0 Å². The second-order valence-electron chi connectivity index (χ2n) is 6.50. The highest BCUT2D eigenvalue weighted by molar-refractivity contribution is 5.59. The van der Waals surface area contributed by atoms with Crippen molar-refractivity contribution in [2.45, 2.75) is 44.1 Å². The standard InChI is InChI=1S/C18H21F3N2O2/c19-18(20,21)16-4-3-13(11-22)10-17(16)23-7-5-14(6-8-23)25-12-15-2-1-9-24-15/h3-4,10,14-15H,1-2,5-9,12H2. The zero-order valence-corrected chi connectivity index (χ0v) is 13.9. The third kappa shape index (κ3) is 4.44. The number of piperidine rings is 1. The molecule has 0 amide bonds. The van der Waals surface area contributed by atoms with E-state index in [4.69, 9.17) is 14.7 Å². The molecule has 0 aliphatic carbocycles. The highest BCUT2D eigenvalue weighted by Crippen LogP contribution is 2.38. The van der Waals surface area contributed by atoms with Crippen LogP contribution in [0.3, 0.4) is 0 Å². The molecule has 2 heterocycles. The van der Waals surface area contributed by atoms with Gasteiger partial charge in [-0.05, 0) is 43.9 Å². The highest BCUT2D eigenvalue weighted by Gasteiger charge is 2.36. The Kier molecular flexibility index (Phi) is 5.50. The molecule has 136 valence electrons. The van der Waals surface area contributed by atoms with Gasteiger partial charge in [0.1, 0.15) is 0 Å². The number of nitrogens with zero attached hydrogens (tertiary/aromatic N) is 2. The van der Waals surface area contributed by atoms with Crippen LogP contribution < -0.4 is 4.90 Å². The molecular formula is C18H21F3N2O2. The average molecular weight is 354 g/mol. The number of alkyl halides is 3. The Labute approximate surface area is 145 Å². The molecule has 3 rings (SSSR count). The minimum absolute atomic E-state index is 0.0499. The van der Waals surface area contributed by atoms with Crippen molar-refractivity contribution in [3.8, 4) is 6.07 Å². The molecule has 2 aliphatic heterocycles. The van der Waals surface area contributed by atoms with E-state index in [2.05, 4.69) is 0 Å². The lowest BCUT2D eigenvalue weighted by atomic mass is 10.0. The van der Waals surface area contributed by atoms with Crippen LogP contribution in [0, 0.1) is 11.3 Å². The molecule has 0 spiro atoms. The normalized spacial score (nSPS) is 22.2. The van der Waals surface area contributed by atoms with Crippen LogP contribution in [-0.2, 0) is 15.7 Å². The first-order valence-electron chi connectivity index (χ1n) is 8.57. The summed E-state index contributed by atoms with van der Waals surface area (Å²) in [7, 11) is 0. The Morgan fingerprint density at radius 3 is 2.60 bits per heavy atom. The molecule has 1 unspecified atom stereocenters. The summed E-state index contributed by atoms with van der Waals surface area (Å²) >= 11 is 0. The van der Waals surface area contributed by atoms with Crippen molar-refractivity contribution in [3.63, 3.8) is 0 Å². The fourth-order valence-electron chi connectivity index (χ4n) is 3.39. The Morgan fingerprint density at radius 1 is 1.24 bits per heavy atom. The summed E-state index contributed by atoms with van der Waals surface area (Å²) in [6.45, 7) is 2.30. The lowest BCUT2D eigenvalue weighted by molar-refractivity contribution is -0.137. The predicted octanol–water partition coefficient (Wildman–Crippen LogP) is 3.74. The number of halogens is 3. The number of hydrogen-bond acceptors (Lipinski definition) is 4. The van der Waals surface area contributed by atoms with E-state index < -0.39 is 11.7 Å². The lowest BCUT2D eigenvalue weighted by Crippen LogP contribution is -2.38. The van der Waals surface area contributed by atoms with Gasteiger partial charge in [-0.15, -0.1) is 0 Å². The Balaban J connectivity index is 1.63. The Morgan fingerprint density at radius 2 is 2.00 bits per heavy atom. The van der Waals surface area contributed by atoms with Gasteiger partial charge >= 0.3 is 6.18 Å². The van der Waals surface area contributed by atoms with Gasteiger partial charge in [0.15, 0.2) is 0 Å². The Hall–Kier alpha value is -1.78. The van der Waals surface area contributed by atoms with Gasteiger partial charge in [0, 0.05) is 19.7 Å². The van der Waals surface area contributed by atoms with E-state index in [9.17, 15) is 13.2 Å². The van der Waals surface area contributed by atoms with E-state index in [1.165, 1.54) is 12.1 Å². The monoisotopic (exact) mass is 354 g/mol. The molecule has 4 nitrogen and oxygen atoms in total. The Bertz CT molecular complexity index is 628. The number of rotatable bonds is 4. The molecule has 1 aromatic carbocycles. The third-order valence-corrected chi connectivity index (χ3v) is 4.76. The molecular weight excluding hydrogens is 333 g/mol. The van der Waals surface area contributed by atoms with Crippen LogP contribution in [0.5, 0.6) is 0 Å². The van der Waals surface area contributed by atoms with Crippen LogP contribution in [0.15, 0.2) is 18.2 Å². The number of nitriles is 1. The van der Waals surface area contributed by atoms with E-state index >= 15 is 0 Å². The molecule has 0 radical (unpaired) electrons. The fourth-order valence-corrected chi connectivity index (χ4v) is 3.39. The number of ether oxygens (including phenoxy) is 2. The summed E-state index contributed by atoms with van der Waals surface area (Å²) in [5.41, 5.74) is -0.367. The van der Waals surface area contributed by atoms with E-state index in [0.29, 0.717) is 32.5 Å². The van der Waals surface area contributed by atoms with Crippen LogP contribution >= 0.6 is 0 Å². The minimum Gasteiger partial charge on any atom is -0.376 e. The highest BCUT2D eigenvalue weighted by atomic mass is 19.4. The summed E-state index contributed by atoms with van der Waals surface area (Å²) in [4.78, 5) is 1.70. The second-order valence-corrected chi connectivity index (χ2v) is 6.50. The van der Waals surface area contributed by atoms with Crippen molar-refractivity contribution < 1.29 is 22.6 Å². The minimum atomic E-state index is -4.43. The van der Waals surface area contributed by atoms with E-state index in [1.807, 2.05) is 6.07 Å². The molecule has 1 aromatic rings. The zero-order chi connectivity index (χ0) is 17.9. The van der Waals surface area contributed by atoms with E-state index in [-0.39, 0.29) is 23.5 Å². The topological polar surface area (TPSA) is 45.5 Å². The summed E-state index contributed by atoms with van der Waals surface area (Å²) in [5.74, 6) is 0. The van der Waals surface area contributed by atoms with Gasteiger partial charge in [-0.1, -0.05) is 0 Å². The van der Waals surface area contributed by atoms with E-state index in [0.717, 1.165) is 25.5 Å².